The van der Waals surface area contributed by atoms with Crippen LogP contribution in [-0.4, -0.2) is 27.3 Å². The van der Waals surface area contributed by atoms with Gasteiger partial charge in [-0.05, 0) is 54.1 Å². The lowest BCUT2D eigenvalue weighted by molar-refractivity contribution is -0.137. The van der Waals surface area contributed by atoms with E-state index in [1.807, 2.05) is 0 Å². The average Bonchev–Trinajstić information content (AvgIpc) is 3.27. The van der Waals surface area contributed by atoms with E-state index >= 15 is 0 Å². The highest BCUT2D eigenvalue weighted by Gasteiger charge is 2.31. The summed E-state index contributed by atoms with van der Waals surface area (Å²) >= 11 is 0. The monoisotopic (exact) mass is 506 g/mol. The summed E-state index contributed by atoms with van der Waals surface area (Å²) < 4.78 is 78.9. The molecule has 0 spiro atoms. The smallest absolute Gasteiger partial charge is 0.416 e. The molecule has 0 aliphatic carbocycles. The van der Waals surface area contributed by atoms with Gasteiger partial charge in [-0.1, -0.05) is 18.2 Å². The van der Waals surface area contributed by atoms with Crippen molar-refractivity contribution in [3.63, 3.8) is 0 Å². The van der Waals surface area contributed by atoms with Crippen LogP contribution in [0.1, 0.15) is 16.7 Å². The first-order chi connectivity index (χ1) is 16.6. The Morgan fingerprint density at radius 3 is 2.49 bits per heavy atom. The van der Waals surface area contributed by atoms with Gasteiger partial charge in [0.25, 0.3) is 0 Å². The Morgan fingerprint density at radius 1 is 1.03 bits per heavy atom. The van der Waals surface area contributed by atoms with E-state index in [1.54, 1.807) is 24.3 Å². The molecule has 0 aromatic heterocycles. The fourth-order valence-electron chi connectivity index (χ4n) is 3.09. The first-order valence-corrected chi connectivity index (χ1v) is 11.4. The molecular formula is C23H17F3N2O6S. The van der Waals surface area contributed by atoms with Crippen LogP contribution in [0.4, 0.5) is 13.2 Å². The molecule has 4 rings (SSSR count). The number of benzene rings is 3. The number of para-hydroxylation sites is 1. The second-order valence-electron chi connectivity index (χ2n) is 7.25. The molecule has 0 unspecified atom stereocenters. The number of carbonyl (C=O) groups excluding carboxylic acids is 1. The molecule has 0 radical (unpaired) electrons. The molecule has 12 heteroatoms. The van der Waals surface area contributed by atoms with Crippen LogP contribution in [0.25, 0.3) is 0 Å². The Kier molecular flexibility index (Phi) is 6.65. The Balaban J connectivity index is 1.41. The zero-order chi connectivity index (χ0) is 25.1. The van der Waals surface area contributed by atoms with Gasteiger partial charge in [-0.15, -0.1) is 0 Å². The summed E-state index contributed by atoms with van der Waals surface area (Å²) in [5, 5.41) is 3.83. The third-order valence-corrected chi connectivity index (χ3v) is 6.03. The molecule has 0 atom stereocenters. The van der Waals surface area contributed by atoms with E-state index < -0.39 is 32.7 Å². The number of ether oxygens (including phenoxy) is 2. The number of halogens is 3. The minimum atomic E-state index is -4.60. The van der Waals surface area contributed by atoms with E-state index in [-0.39, 0.29) is 24.5 Å². The maximum Gasteiger partial charge on any atom is 0.416 e. The Morgan fingerprint density at radius 2 is 1.74 bits per heavy atom. The van der Waals surface area contributed by atoms with Crippen LogP contribution < -0.4 is 19.1 Å². The average molecular weight is 506 g/mol. The van der Waals surface area contributed by atoms with Gasteiger partial charge in [-0.2, -0.15) is 26.7 Å². The van der Waals surface area contributed by atoms with E-state index in [4.69, 9.17) is 13.7 Å². The standard InChI is InChI=1S/C23H17F3N2O6S/c24-23(25,26)17-6-8-18(9-7-17)35(30,31)34-19-4-2-1-3-16(19)13-27-28-22(29)12-15-5-10-20-21(11-15)33-14-32-20/h1-11,13H,12,14H2,(H,28,29)/b27-13-. The quantitative estimate of drug-likeness (QED) is 0.296. The molecule has 1 aliphatic rings. The lowest BCUT2D eigenvalue weighted by Gasteiger charge is -2.11. The van der Waals surface area contributed by atoms with Gasteiger partial charge in [-0.25, -0.2) is 5.43 Å². The Bertz CT molecular complexity index is 1370. The van der Waals surface area contributed by atoms with Crippen molar-refractivity contribution in [1.82, 2.24) is 5.43 Å². The third kappa shape index (κ3) is 5.90. The third-order valence-electron chi connectivity index (χ3n) is 4.78. The number of hydrogen-bond donors (Lipinski definition) is 1. The van der Waals surface area contributed by atoms with Crippen molar-refractivity contribution < 1.29 is 40.0 Å². The van der Waals surface area contributed by atoms with Gasteiger partial charge >= 0.3 is 16.3 Å². The zero-order valence-electron chi connectivity index (χ0n) is 17.8. The lowest BCUT2D eigenvalue weighted by Crippen LogP contribution is -2.19. The number of nitrogens with one attached hydrogen (secondary N) is 1. The van der Waals surface area contributed by atoms with Crippen LogP contribution in [0.3, 0.4) is 0 Å². The minimum absolute atomic E-state index is 0.00836. The fraction of sp³-hybridized carbons (Fsp3) is 0.130. The molecule has 1 amide bonds. The molecule has 0 fully saturated rings. The van der Waals surface area contributed by atoms with Crippen LogP contribution in [0, 0.1) is 0 Å². The van der Waals surface area contributed by atoms with Gasteiger partial charge < -0.3 is 13.7 Å². The van der Waals surface area contributed by atoms with Gasteiger partial charge in [0.15, 0.2) is 17.2 Å². The van der Waals surface area contributed by atoms with Crippen LogP contribution >= 0.6 is 0 Å². The van der Waals surface area contributed by atoms with E-state index in [1.165, 1.54) is 24.4 Å². The lowest BCUT2D eigenvalue weighted by atomic mass is 10.1. The van der Waals surface area contributed by atoms with Crippen LogP contribution in [0.5, 0.6) is 17.2 Å². The summed E-state index contributed by atoms with van der Waals surface area (Å²) in [5.74, 6) is 0.575. The molecule has 3 aromatic carbocycles. The first-order valence-electron chi connectivity index (χ1n) is 10.0. The van der Waals surface area contributed by atoms with E-state index in [9.17, 15) is 26.4 Å². The summed E-state index contributed by atoms with van der Waals surface area (Å²) in [4.78, 5) is 11.7. The largest absolute Gasteiger partial charge is 0.454 e. The number of fused-ring (bicyclic) bond motifs is 1. The topological polar surface area (TPSA) is 103 Å². The van der Waals surface area contributed by atoms with Crippen molar-refractivity contribution in [3.8, 4) is 17.2 Å². The number of nitrogens with zero attached hydrogens (tertiary/aromatic N) is 1. The second kappa shape index (κ2) is 9.66. The molecule has 0 saturated heterocycles. The first kappa shape index (κ1) is 24.1. The second-order valence-corrected chi connectivity index (χ2v) is 8.80. The maximum absolute atomic E-state index is 12.7. The van der Waals surface area contributed by atoms with Crippen LogP contribution in [-0.2, 0) is 27.5 Å². The molecule has 8 nitrogen and oxygen atoms in total. The van der Waals surface area contributed by atoms with Gasteiger partial charge in [0.05, 0.1) is 18.2 Å². The highest BCUT2D eigenvalue weighted by atomic mass is 32.2. The summed E-state index contributed by atoms with van der Waals surface area (Å²) in [5.41, 5.74) is 2.24. The molecule has 35 heavy (non-hydrogen) atoms. The highest BCUT2D eigenvalue weighted by Crippen LogP contribution is 2.33. The van der Waals surface area contributed by atoms with Crippen molar-refractivity contribution >= 4 is 22.2 Å². The summed E-state index contributed by atoms with van der Waals surface area (Å²) in [6.07, 6.45) is -3.40. The van der Waals surface area contributed by atoms with E-state index in [0.717, 1.165) is 12.1 Å². The van der Waals surface area contributed by atoms with Crippen molar-refractivity contribution in [3.05, 3.63) is 83.4 Å². The normalized spacial score (nSPS) is 13.1. The van der Waals surface area contributed by atoms with Gasteiger partial charge in [0.1, 0.15) is 4.90 Å². The number of carbonyl (C=O) groups is 1. The van der Waals surface area contributed by atoms with E-state index in [0.29, 0.717) is 29.2 Å². The maximum atomic E-state index is 12.7. The molecule has 1 aliphatic heterocycles. The molecule has 0 bridgehead atoms. The van der Waals surface area contributed by atoms with Crippen molar-refractivity contribution in [1.29, 1.82) is 0 Å². The van der Waals surface area contributed by atoms with Gasteiger partial charge in [0, 0.05) is 5.56 Å². The van der Waals surface area contributed by atoms with Crippen LogP contribution in [0.2, 0.25) is 0 Å². The number of hydrazone groups is 1. The number of hydrogen-bond acceptors (Lipinski definition) is 7. The highest BCUT2D eigenvalue weighted by molar-refractivity contribution is 7.87. The number of alkyl halides is 3. The molecule has 1 N–H and O–H groups in total. The Hall–Kier alpha value is -4.06. The fourth-order valence-corrected chi connectivity index (χ4v) is 4.04. The summed E-state index contributed by atoms with van der Waals surface area (Å²) in [6.45, 7) is 0.116. The predicted molar refractivity (Wildman–Crippen MR) is 118 cm³/mol. The number of rotatable bonds is 7. The summed E-state index contributed by atoms with van der Waals surface area (Å²) in [6, 6.07) is 13.9. The Labute approximate surface area is 198 Å². The SMILES string of the molecule is O=C(Cc1ccc2c(c1)OCO2)N/N=C\c1ccccc1OS(=O)(=O)c1ccc(C(F)(F)F)cc1. The van der Waals surface area contributed by atoms with E-state index in [2.05, 4.69) is 10.5 Å². The van der Waals surface area contributed by atoms with Crippen LogP contribution in [0.15, 0.2) is 76.7 Å². The van der Waals surface area contributed by atoms with Crippen molar-refractivity contribution in [2.45, 2.75) is 17.5 Å². The van der Waals surface area contributed by atoms with Gasteiger partial charge in [0.2, 0.25) is 12.7 Å². The number of amides is 1. The minimum Gasteiger partial charge on any atom is -0.454 e. The molecule has 1 heterocycles. The summed E-state index contributed by atoms with van der Waals surface area (Å²) in [7, 11) is -4.42. The molecule has 182 valence electrons. The molecule has 0 saturated carbocycles. The van der Waals surface area contributed by atoms with Crippen molar-refractivity contribution in [2.24, 2.45) is 5.10 Å². The molecule has 3 aromatic rings. The van der Waals surface area contributed by atoms with Crippen molar-refractivity contribution in [2.75, 3.05) is 6.79 Å². The predicted octanol–water partition coefficient (Wildman–Crippen LogP) is 3.89. The molecular weight excluding hydrogens is 489 g/mol. The van der Waals surface area contributed by atoms with Gasteiger partial charge in [-0.3, -0.25) is 4.79 Å². The zero-order valence-corrected chi connectivity index (χ0v) is 18.6.